The van der Waals surface area contributed by atoms with Crippen LogP contribution in [0, 0.1) is 0 Å². The third-order valence-corrected chi connectivity index (χ3v) is 4.59. The van der Waals surface area contributed by atoms with Gasteiger partial charge in [0.15, 0.2) is 5.82 Å². The molecule has 0 spiro atoms. The molecule has 132 valence electrons. The highest BCUT2D eigenvalue weighted by atomic mass is 16.5. The van der Waals surface area contributed by atoms with Gasteiger partial charge in [-0.15, -0.1) is 0 Å². The second-order valence-electron chi connectivity index (χ2n) is 6.69. The summed E-state index contributed by atoms with van der Waals surface area (Å²) in [7, 11) is 0. The van der Waals surface area contributed by atoms with Gasteiger partial charge in [0.1, 0.15) is 11.9 Å². The van der Waals surface area contributed by atoms with E-state index < -0.39 is 6.10 Å². The predicted octanol–water partition coefficient (Wildman–Crippen LogP) is 2.20. The van der Waals surface area contributed by atoms with Gasteiger partial charge in [-0.3, -0.25) is 9.80 Å². The van der Waals surface area contributed by atoms with Gasteiger partial charge >= 0.3 is 0 Å². The fourth-order valence-corrected chi connectivity index (χ4v) is 2.96. The van der Waals surface area contributed by atoms with E-state index in [4.69, 9.17) is 8.94 Å². The zero-order valence-electron chi connectivity index (χ0n) is 14.6. The molecule has 0 aliphatic carbocycles. The Hall–Kier alpha value is -1.70. The van der Waals surface area contributed by atoms with Crippen LogP contribution in [0.4, 0.5) is 0 Å². The number of β-amino-alcohol motifs (C(OH)–C–C–N with tert-alkyl or cyclic N) is 1. The Morgan fingerprint density at radius 1 is 1.21 bits per heavy atom. The zero-order valence-corrected chi connectivity index (χ0v) is 14.6. The molecule has 2 unspecified atom stereocenters. The topological polar surface area (TPSA) is 78.8 Å². The SMILES string of the molecule is CC(C)c1noc(C(C)N2CCN(CC(O)c3ccco3)CC2)n1. The van der Waals surface area contributed by atoms with Gasteiger partial charge in [-0.25, -0.2) is 0 Å². The van der Waals surface area contributed by atoms with Gasteiger partial charge in [-0.1, -0.05) is 19.0 Å². The first-order chi connectivity index (χ1) is 11.5. The fourth-order valence-electron chi connectivity index (χ4n) is 2.96. The molecule has 0 radical (unpaired) electrons. The van der Waals surface area contributed by atoms with Gasteiger partial charge in [-0.05, 0) is 19.1 Å². The second kappa shape index (κ2) is 7.46. The molecule has 0 saturated carbocycles. The number of hydrogen-bond acceptors (Lipinski definition) is 7. The molecular formula is C17H26N4O3. The monoisotopic (exact) mass is 334 g/mol. The van der Waals surface area contributed by atoms with E-state index in [1.54, 1.807) is 12.3 Å². The van der Waals surface area contributed by atoms with E-state index in [9.17, 15) is 5.11 Å². The number of furan rings is 1. The first-order valence-corrected chi connectivity index (χ1v) is 8.56. The molecule has 3 heterocycles. The van der Waals surface area contributed by atoms with Crippen LogP contribution in [-0.4, -0.2) is 57.8 Å². The number of aromatic nitrogens is 2. The average molecular weight is 334 g/mol. The number of aliphatic hydroxyl groups is 1. The lowest BCUT2D eigenvalue weighted by atomic mass is 10.2. The predicted molar refractivity (Wildman–Crippen MR) is 88.5 cm³/mol. The van der Waals surface area contributed by atoms with Crippen molar-refractivity contribution < 1.29 is 14.0 Å². The molecule has 1 saturated heterocycles. The molecule has 2 aromatic heterocycles. The Kier molecular flexibility index (Phi) is 5.33. The molecule has 0 aromatic carbocycles. The lowest BCUT2D eigenvalue weighted by Crippen LogP contribution is -2.48. The first kappa shape index (κ1) is 17.1. The maximum Gasteiger partial charge on any atom is 0.243 e. The van der Waals surface area contributed by atoms with Crippen molar-refractivity contribution in [2.45, 2.75) is 38.8 Å². The van der Waals surface area contributed by atoms with E-state index in [0.717, 1.165) is 32.0 Å². The molecule has 0 amide bonds. The van der Waals surface area contributed by atoms with Crippen molar-refractivity contribution in [2.24, 2.45) is 0 Å². The minimum absolute atomic E-state index is 0.113. The number of rotatable bonds is 6. The van der Waals surface area contributed by atoms with Crippen LogP contribution < -0.4 is 0 Å². The number of nitrogens with zero attached hydrogens (tertiary/aromatic N) is 4. The summed E-state index contributed by atoms with van der Waals surface area (Å²) in [6, 6.07) is 3.72. The van der Waals surface area contributed by atoms with E-state index in [1.165, 1.54) is 0 Å². The van der Waals surface area contributed by atoms with Gasteiger partial charge in [0.05, 0.1) is 12.3 Å². The largest absolute Gasteiger partial charge is 0.467 e. The molecule has 0 bridgehead atoms. The second-order valence-corrected chi connectivity index (χ2v) is 6.69. The van der Waals surface area contributed by atoms with E-state index in [1.807, 2.05) is 6.07 Å². The maximum absolute atomic E-state index is 10.2. The van der Waals surface area contributed by atoms with E-state index in [0.29, 0.717) is 18.2 Å². The van der Waals surface area contributed by atoms with Crippen LogP contribution in [0.3, 0.4) is 0 Å². The normalized spacial score (nSPS) is 19.7. The third-order valence-electron chi connectivity index (χ3n) is 4.59. The van der Waals surface area contributed by atoms with Crippen LogP contribution in [0.25, 0.3) is 0 Å². The van der Waals surface area contributed by atoms with E-state index >= 15 is 0 Å². The van der Waals surface area contributed by atoms with Crippen LogP contribution in [0.5, 0.6) is 0 Å². The summed E-state index contributed by atoms with van der Waals surface area (Å²) in [5.74, 6) is 2.34. The highest BCUT2D eigenvalue weighted by Gasteiger charge is 2.27. The molecular weight excluding hydrogens is 308 g/mol. The minimum atomic E-state index is -0.575. The summed E-state index contributed by atoms with van der Waals surface area (Å²) in [6.45, 7) is 10.4. The van der Waals surface area contributed by atoms with Gasteiger partial charge in [-0.2, -0.15) is 4.98 Å². The van der Waals surface area contributed by atoms with Crippen LogP contribution >= 0.6 is 0 Å². The molecule has 7 heteroatoms. The summed E-state index contributed by atoms with van der Waals surface area (Å²) in [5, 5.41) is 14.2. The first-order valence-electron chi connectivity index (χ1n) is 8.56. The Morgan fingerprint density at radius 2 is 1.96 bits per heavy atom. The Labute approximate surface area is 142 Å². The Balaban J connectivity index is 1.50. The van der Waals surface area contributed by atoms with Crippen molar-refractivity contribution in [3.8, 4) is 0 Å². The average Bonchev–Trinajstić information content (AvgIpc) is 3.26. The summed E-state index contributed by atoms with van der Waals surface area (Å²) in [4.78, 5) is 9.09. The van der Waals surface area contributed by atoms with E-state index in [2.05, 4.69) is 40.7 Å². The molecule has 24 heavy (non-hydrogen) atoms. The Morgan fingerprint density at radius 3 is 2.54 bits per heavy atom. The summed E-state index contributed by atoms with van der Waals surface area (Å²) < 4.78 is 10.7. The van der Waals surface area contributed by atoms with Gasteiger partial charge in [0, 0.05) is 38.6 Å². The molecule has 1 N–H and O–H groups in total. The van der Waals surface area contributed by atoms with Crippen molar-refractivity contribution in [3.05, 3.63) is 35.9 Å². The summed E-state index contributed by atoms with van der Waals surface area (Å²) in [6.07, 6.45) is 1.02. The van der Waals surface area contributed by atoms with Gasteiger partial charge < -0.3 is 14.0 Å². The maximum atomic E-state index is 10.2. The molecule has 2 atom stereocenters. The number of aliphatic hydroxyl groups excluding tert-OH is 1. The van der Waals surface area contributed by atoms with Gasteiger partial charge in [0.2, 0.25) is 5.89 Å². The standard InChI is InChI=1S/C17H26N4O3/c1-12(2)16-18-17(24-19-16)13(3)21-8-6-20(7-9-21)11-14(22)15-5-4-10-23-15/h4-5,10,12-14,22H,6-9,11H2,1-3H3. The number of piperazine rings is 1. The third kappa shape index (κ3) is 3.85. The molecule has 2 aromatic rings. The summed E-state index contributed by atoms with van der Waals surface area (Å²) in [5.41, 5.74) is 0. The highest BCUT2D eigenvalue weighted by molar-refractivity contribution is 5.02. The highest BCUT2D eigenvalue weighted by Crippen LogP contribution is 2.23. The van der Waals surface area contributed by atoms with E-state index in [-0.39, 0.29) is 12.0 Å². The van der Waals surface area contributed by atoms with Crippen molar-refractivity contribution >= 4 is 0 Å². The molecule has 1 aliphatic rings. The molecule has 1 fully saturated rings. The summed E-state index contributed by atoms with van der Waals surface area (Å²) >= 11 is 0. The molecule has 7 nitrogen and oxygen atoms in total. The van der Waals surface area contributed by atoms with Crippen LogP contribution in [0.1, 0.15) is 56.3 Å². The number of hydrogen-bond donors (Lipinski definition) is 1. The van der Waals surface area contributed by atoms with Crippen molar-refractivity contribution in [1.29, 1.82) is 0 Å². The van der Waals surface area contributed by atoms with Crippen molar-refractivity contribution in [2.75, 3.05) is 32.7 Å². The Bertz CT molecular complexity index is 618. The quantitative estimate of drug-likeness (QED) is 0.867. The minimum Gasteiger partial charge on any atom is -0.467 e. The van der Waals surface area contributed by atoms with Crippen LogP contribution in [-0.2, 0) is 0 Å². The van der Waals surface area contributed by atoms with Crippen molar-refractivity contribution in [1.82, 2.24) is 19.9 Å². The fraction of sp³-hybridized carbons (Fsp3) is 0.647. The molecule has 1 aliphatic heterocycles. The van der Waals surface area contributed by atoms with Crippen LogP contribution in [0.2, 0.25) is 0 Å². The lowest BCUT2D eigenvalue weighted by molar-refractivity contribution is 0.0452. The smallest absolute Gasteiger partial charge is 0.243 e. The molecule has 3 rings (SSSR count). The lowest BCUT2D eigenvalue weighted by Gasteiger charge is -2.37. The van der Waals surface area contributed by atoms with Crippen molar-refractivity contribution in [3.63, 3.8) is 0 Å². The van der Waals surface area contributed by atoms with Gasteiger partial charge in [0.25, 0.3) is 0 Å². The zero-order chi connectivity index (χ0) is 17.1. The van der Waals surface area contributed by atoms with Crippen LogP contribution in [0.15, 0.2) is 27.3 Å².